The molecule has 3 aliphatic heterocycles. The molecule has 0 spiro atoms. The average molecular weight is 777 g/mol. The van der Waals surface area contributed by atoms with Gasteiger partial charge in [0.05, 0.1) is 43.7 Å². The summed E-state index contributed by atoms with van der Waals surface area (Å²) in [5.41, 5.74) is 1.74. The molecule has 55 heavy (non-hydrogen) atoms. The third-order valence-corrected chi connectivity index (χ3v) is 11.4. The molecule has 2 fully saturated rings. The standard InChI is InChI=1S/C43H68O12/c1-12-13-14-17-33-28(6)36(53-37-22-32(44)40(47)31(9)52-37)23-43(49,55-33)30(8)39(46)29(7)41-34(50-10)18-15-16-24(2)19-26(4)38(45)27(5)20-25(3)21-35(51-11)42(48)54-41/h12-18,20-21,26-34,36-41,44-47,49H,19,22-23H2,1-11H3/b13-12+,17-14+,18-15-,24-16-,25-20-,35-21+/t26-,27+,28+,29?,30-,31+,32+,33+,34-,36+,37+,38-,39+,40+,41+,43+/m0/s1. The monoisotopic (exact) mass is 776 g/mol. The van der Waals surface area contributed by atoms with Crippen molar-refractivity contribution in [2.45, 2.75) is 149 Å². The van der Waals surface area contributed by atoms with Gasteiger partial charge in [0, 0.05) is 43.6 Å². The summed E-state index contributed by atoms with van der Waals surface area (Å²) in [7, 11) is 2.86. The SMILES string of the molecule is C/C=C/C=C/[C@H]1O[C@@](O)([C@@H](C)[C@H](O)C(C)[C@H]2OC(=O)/C(OC)=C\C(C)=C/[C@@H](C)[C@@H](O)[C@@H](C)C/C(C)=C\C=C/[C@@H]2OC)C[C@@H](O[C@@H]2C[C@@H](O)[C@H](O)[C@@H](C)O2)[C@@H]1C. The number of aliphatic hydroxyl groups excluding tert-OH is 4. The minimum atomic E-state index is -1.92. The van der Waals surface area contributed by atoms with Gasteiger partial charge in [0.25, 0.3) is 0 Å². The van der Waals surface area contributed by atoms with Gasteiger partial charge in [-0.3, -0.25) is 0 Å². The van der Waals surface area contributed by atoms with Gasteiger partial charge in [-0.1, -0.05) is 94.4 Å². The fourth-order valence-corrected chi connectivity index (χ4v) is 7.76. The second-order valence-corrected chi connectivity index (χ2v) is 15.9. The number of allylic oxidation sites excluding steroid dienone is 8. The van der Waals surface area contributed by atoms with Crippen molar-refractivity contribution in [2.75, 3.05) is 14.2 Å². The van der Waals surface area contributed by atoms with E-state index in [0.717, 1.165) is 5.57 Å². The van der Waals surface area contributed by atoms with Gasteiger partial charge < -0.3 is 54.0 Å². The number of rotatable bonds is 10. The van der Waals surface area contributed by atoms with Crippen molar-refractivity contribution in [2.24, 2.45) is 29.6 Å². The molecular weight excluding hydrogens is 708 g/mol. The number of carbonyl (C=O) groups excluding carboxylic acids is 1. The van der Waals surface area contributed by atoms with Gasteiger partial charge >= 0.3 is 5.97 Å². The lowest BCUT2D eigenvalue weighted by Gasteiger charge is -2.49. The van der Waals surface area contributed by atoms with Crippen LogP contribution >= 0.6 is 0 Å². The molecule has 1 unspecified atom stereocenters. The normalized spacial score (nSPS) is 42.6. The van der Waals surface area contributed by atoms with Gasteiger partial charge in [0.1, 0.15) is 18.3 Å². The molecule has 5 N–H and O–H groups in total. The molecule has 0 aromatic carbocycles. The van der Waals surface area contributed by atoms with Gasteiger partial charge in [-0.15, -0.1) is 0 Å². The van der Waals surface area contributed by atoms with E-state index in [1.165, 1.54) is 14.2 Å². The number of aliphatic hydroxyl groups is 5. The molecular formula is C43H68O12. The Bertz CT molecular complexity index is 1410. The second kappa shape index (κ2) is 21.2. The van der Waals surface area contributed by atoms with Crippen LogP contribution in [-0.4, -0.2) is 113 Å². The molecule has 0 aromatic rings. The summed E-state index contributed by atoms with van der Waals surface area (Å²) in [5.74, 6) is -5.04. The minimum absolute atomic E-state index is 0.0349. The Balaban J connectivity index is 2.00. The Morgan fingerprint density at radius 3 is 2.35 bits per heavy atom. The number of methoxy groups -OCH3 is 2. The first kappa shape index (κ1) is 46.7. The highest BCUT2D eigenvalue weighted by Crippen LogP contribution is 2.42. The van der Waals surface area contributed by atoms with Crippen LogP contribution in [0, 0.1) is 29.6 Å². The van der Waals surface area contributed by atoms with E-state index >= 15 is 0 Å². The van der Waals surface area contributed by atoms with E-state index in [4.69, 9.17) is 28.4 Å². The molecule has 0 saturated carbocycles. The van der Waals surface area contributed by atoms with Crippen LogP contribution in [0.2, 0.25) is 0 Å². The van der Waals surface area contributed by atoms with E-state index in [0.29, 0.717) is 12.0 Å². The van der Waals surface area contributed by atoms with E-state index in [-0.39, 0.29) is 36.4 Å². The van der Waals surface area contributed by atoms with Crippen molar-refractivity contribution in [3.8, 4) is 0 Å². The molecule has 0 bridgehead atoms. The fraction of sp³-hybridized carbons (Fsp3) is 0.698. The summed E-state index contributed by atoms with van der Waals surface area (Å²) in [6, 6.07) is 0. The van der Waals surface area contributed by atoms with Crippen molar-refractivity contribution in [3.05, 3.63) is 71.6 Å². The van der Waals surface area contributed by atoms with E-state index in [1.54, 1.807) is 32.9 Å². The molecule has 3 aliphatic rings. The maximum Gasteiger partial charge on any atom is 0.373 e. The van der Waals surface area contributed by atoms with Crippen LogP contribution in [0.25, 0.3) is 0 Å². The molecule has 3 heterocycles. The number of ether oxygens (including phenoxy) is 6. The van der Waals surface area contributed by atoms with Gasteiger partial charge in [-0.25, -0.2) is 4.79 Å². The molecule has 312 valence electrons. The van der Waals surface area contributed by atoms with Crippen LogP contribution in [0.1, 0.15) is 81.6 Å². The lowest BCUT2D eigenvalue weighted by Crippen LogP contribution is -2.59. The van der Waals surface area contributed by atoms with Crippen LogP contribution < -0.4 is 0 Å². The molecule has 0 aromatic heterocycles. The Kier molecular flexibility index (Phi) is 18.0. The molecule has 0 aliphatic carbocycles. The minimum Gasteiger partial charge on any atom is -0.490 e. The van der Waals surface area contributed by atoms with Gasteiger partial charge in [0.2, 0.25) is 5.76 Å². The zero-order valence-corrected chi connectivity index (χ0v) is 34.6. The third kappa shape index (κ3) is 12.4. The van der Waals surface area contributed by atoms with E-state index in [1.807, 2.05) is 84.1 Å². The smallest absolute Gasteiger partial charge is 0.373 e. The van der Waals surface area contributed by atoms with Gasteiger partial charge in [-0.05, 0) is 46.1 Å². The molecule has 2 saturated heterocycles. The van der Waals surface area contributed by atoms with Crippen molar-refractivity contribution in [3.63, 3.8) is 0 Å². The predicted octanol–water partition coefficient (Wildman–Crippen LogP) is 5.05. The lowest BCUT2D eigenvalue weighted by molar-refractivity contribution is -0.339. The van der Waals surface area contributed by atoms with Crippen LogP contribution in [0.4, 0.5) is 0 Å². The number of hydrogen-bond donors (Lipinski definition) is 5. The van der Waals surface area contributed by atoms with Crippen LogP contribution in [0.5, 0.6) is 0 Å². The summed E-state index contributed by atoms with van der Waals surface area (Å²) in [6.45, 7) is 16.6. The van der Waals surface area contributed by atoms with E-state index in [2.05, 4.69) is 0 Å². The molecule has 0 radical (unpaired) electrons. The Morgan fingerprint density at radius 2 is 1.73 bits per heavy atom. The van der Waals surface area contributed by atoms with Crippen molar-refractivity contribution < 1.29 is 58.7 Å². The summed E-state index contributed by atoms with van der Waals surface area (Å²) >= 11 is 0. The van der Waals surface area contributed by atoms with Crippen LogP contribution in [0.3, 0.4) is 0 Å². The van der Waals surface area contributed by atoms with Crippen molar-refractivity contribution in [1.29, 1.82) is 0 Å². The molecule has 16 atom stereocenters. The summed E-state index contributed by atoms with van der Waals surface area (Å²) < 4.78 is 36.1. The first-order valence-corrected chi connectivity index (χ1v) is 19.6. The zero-order chi connectivity index (χ0) is 41.2. The number of hydrogen-bond acceptors (Lipinski definition) is 12. The summed E-state index contributed by atoms with van der Waals surface area (Å²) in [4.78, 5) is 13.8. The van der Waals surface area contributed by atoms with Gasteiger partial charge in [0.15, 0.2) is 12.1 Å². The molecule has 3 rings (SSSR count). The summed E-state index contributed by atoms with van der Waals surface area (Å²) in [6.07, 6.45) is 8.29. The lowest BCUT2D eigenvalue weighted by atomic mass is 9.77. The Hall–Kier alpha value is -2.65. The maximum atomic E-state index is 13.8. The van der Waals surface area contributed by atoms with Crippen molar-refractivity contribution >= 4 is 5.97 Å². The quantitative estimate of drug-likeness (QED) is 0.148. The number of esters is 1. The third-order valence-electron chi connectivity index (χ3n) is 11.4. The van der Waals surface area contributed by atoms with Crippen LogP contribution in [-0.2, 0) is 33.2 Å². The first-order valence-electron chi connectivity index (χ1n) is 19.6. The molecule has 0 amide bonds. The fourth-order valence-electron chi connectivity index (χ4n) is 7.76. The van der Waals surface area contributed by atoms with Gasteiger partial charge in [-0.2, -0.15) is 0 Å². The predicted molar refractivity (Wildman–Crippen MR) is 209 cm³/mol. The largest absolute Gasteiger partial charge is 0.490 e. The second-order valence-electron chi connectivity index (χ2n) is 15.9. The highest BCUT2D eigenvalue weighted by molar-refractivity contribution is 5.87. The first-order chi connectivity index (χ1) is 25.9. The zero-order valence-electron chi connectivity index (χ0n) is 34.6. The Labute approximate surface area is 328 Å². The van der Waals surface area contributed by atoms with Crippen LogP contribution in [0.15, 0.2) is 71.6 Å². The molecule has 12 nitrogen and oxygen atoms in total. The highest BCUT2D eigenvalue weighted by Gasteiger charge is 2.52. The van der Waals surface area contributed by atoms with Crippen molar-refractivity contribution in [1.82, 2.24) is 0 Å². The number of carbonyl (C=O) groups is 1. The highest BCUT2D eigenvalue weighted by atomic mass is 16.7. The van der Waals surface area contributed by atoms with E-state index < -0.39 is 84.8 Å². The van der Waals surface area contributed by atoms with E-state index in [9.17, 15) is 30.3 Å². The average Bonchev–Trinajstić information content (AvgIpc) is 3.13. The number of cyclic esters (lactones) is 1. The molecule has 12 heteroatoms. The topological polar surface area (TPSA) is 174 Å². The Morgan fingerprint density at radius 1 is 1.04 bits per heavy atom. The summed E-state index contributed by atoms with van der Waals surface area (Å²) in [5, 5.41) is 56.1. The maximum absolute atomic E-state index is 13.8.